The lowest BCUT2D eigenvalue weighted by atomic mass is 10.1. The molecule has 1 saturated heterocycles. The summed E-state index contributed by atoms with van der Waals surface area (Å²) in [5.41, 5.74) is 5.82. The first-order chi connectivity index (χ1) is 8.17. The van der Waals surface area contributed by atoms with Gasteiger partial charge in [0.15, 0.2) is 11.6 Å². The van der Waals surface area contributed by atoms with E-state index in [1.54, 1.807) is 18.1 Å². The van der Waals surface area contributed by atoms with E-state index in [2.05, 4.69) is 0 Å². The molecule has 1 aromatic carbocycles. The molecule has 0 aromatic heterocycles. The van der Waals surface area contributed by atoms with Gasteiger partial charge in [-0.15, -0.1) is 0 Å². The van der Waals surface area contributed by atoms with Gasteiger partial charge in [-0.1, -0.05) is 6.07 Å². The van der Waals surface area contributed by atoms with E-state index in [1.807, 2.05) is 0 Å². The fraction of sp³-hybridized carbons (Fsp3) is 0.500. The second-order valence-electron chi connectivity index (χ2n) is 4.17. The minimum absolute atomic E-state index is 0.00370. The number of anilines is 1. The Hall–Kier alpha value is -1.20. The smallest absolute Gasteiger partial charge is 0.182 e. The highest BCUT2D eigenvalue weighted by Gasteiger charge is 2.25. The van der Waals surface area contributed by atoms with Gasteiger partial charge < -0.3 is 15.4 Å². The van der Waals surface area contributed by atoms with Crippen LogP contribution in [0.25, 0.3) is 0 Å². The van der Waals surface area contributed by atoms with Gasteiger partial charge in [0.2, 0.25) is 0 Å². The summed E-state index contributed by atoms with van der Waals surface area (Å²) in [4.78, 5) is 1.80. The van der Waals surface area contributed by atoms with Crippen molar-refractivity contribution in [2.45, 2.75) is 19.1 Å². The number of nitrogens with zero attached hydrogens (tertiary/aromatic N) is 1. The standard InChI is InChI=1S/C12H16F2N2O/c1-17-9-4-5-16(7-9)10-3-2-8(6-15)11(13)12(10)14/h2-3,9H,4-7,15H2,1H3. The third-order valence-electron chi connectivity index (χ3n) is 3.18. The SMILES string of the molecule is COC1CCN(c2ccc(CN)c(F)c2F)C1. The third kappa shape index (κ3) is 2.25. The quantitative estimate of drug-likeness (QED) is 0.876. The molecule has 5 heteroatoms. The van der Waals surface area contributed by atoms with Crippen molar-refractivity contribution in [1.29, 1.82) is 0 Å². The monoisotopic (exact) mass is 242 g/mol. The molecule has 1 atom stereocenters. The zero-order chi connectivity index (χ0) is 12.4. The highest BCUT2D eigenvalue weighted by atomic mass is 19.2. The number of nitrogens with two attached hydrogens (primary N) is 1. The van der Waals surface area contributed by atoms with E-state index in [-0.39, 0.29) is 18.2 Å². The number of rotatable bonds is 3. The van der Waals surface area contributed by atoms with Gasteiger partial charge in [0.1, 0.15) is 0 Å². The first-order valence-corrected chi connectivity index (χ1v) is 5.62. The van der Waals surface area contributed by atoms with Crippen molar-refractivity contribution in [2.75, 3.05) is 25.1 Å². The number of ether oxygens (including phenoxy) is 1. The van der Waals surface area contributed by atoms with Crippen LogP contribution in [0.4, 0.5) is 14.5 Å². The van der Waals surface area contributed by atoms with E-state index in [0.29, 0.717) is 18.8 Å². The summed E-state index contributed by atoms with van der Waals surface area (Å²) in [5, 5.41) is 0. The molecule has 17 heavy (non-hydrogen) atoms. The van der Waals surface area contributed by atoms with Crippen LogP contribution < -0.4 is 10.6 Å². The van der Waals surface area contributed by atoms with Crippen LogP contribution >= 0.6 is 0 Å². The minimum atomic E-state index is -0.842. The highest BCUT2D eigenvalue weighted by Crippen LogP contribution is 2.27. The summed E-state index contributed by atoms with van der Waals surface area (Å²) < 4.78 is 32.6. The number of halogens is 2. The molecule has 94 valence electrons. The first kappa shape index (κ1) is 12.3. The van der Waals surface area contributed by atoms with Gasteiger partial charge in [-0.05, 0) is 12.5 Å². The Morgan fingerprint density at radius 2 is 2.18 bits per heavy atom. The van der Waals surface area contributed by atoms with E-state index in [1.165, 1.54) is 6.07 Å². The number of hydrogen-bond donors (Lipinski definition) is 1. The first-order valence-electron chi connectivity index (χ1n) is 5.62. The molecule has 0 aliphatic carbocycles. The van der Waals surface area contributed by atoms with Crippen molar-refractivity contribution in [3.63, 3.8) is 0 Å². The maximum atomic E-state index is 13.8. The molecular weight excluding hydrogens is 226 g/mol. The average molecular weight is 242 g/mol. The van der Waals surface area contributed by atoms with Gasteiger partial charge in [0, 0.05) is 32.3 Å². The number of benzene rings is 1. The van der Waals surface area contributed by atoms with E-state index in [0.717, 1.165) is 6.42 Å². The highest BCUT2D eigenvalue weighted by molar-refractivity contribution is 5.50. The van der Waals surface area contributed by atoms with E-state index in [9.17, 15) is 8.78 Å². The minimum Gasteiger partial charge on any atom is -0.380 e. The molecule has 0 radical (unpaired) electrons. The van der Waals surface area contributed by atoms with Gasteiger partial charge >= 0.3 is 0 Å². The topological polar surface area (TPSA) is 38.5 Å². The molecule has 1 heterocycles. The summed E-state index contributed by atoms with van der Waals surface area (Å²) in [6, 6.07) is 3.12. The molecule has 1 fully saturated rings. The molecule has 1 aromatic rings. The van der Waals surface area contributed by atoms with E-state index in [4.69, 9.17) is 10.5 Å². The molecule has 2 rings (SSSR count). The van der Waals surface area contributed by atoms with Gasteiger partial charge in [-0.2, -0.15) is 0 Å². The Kier molecular flexibility index (Phi) is 3.59. The van der Waals surface area contributed by atoms with Crippen molar-refractivity contribution >= 4 is 5.69 Å². The van der Waals surface area contributed by atoms with Gasteiger partial charge in [0.05, 0.1) is 11.8 Å². The molecule has 0 spiro atoms. The molecule has 3 nitrogen and oxygen atoms in total. The lowest BCUT2D eigenvalue weighted by molar-refractivity contribution is 0.121. The molecule has 1 aliphatic rings. The van der Waals surface area contributed by atoms with Crippen molar-refractivity contribution in [3.8, 4) is 0 Å². The van der Waals surface area contributed by atoms with Crippen LogP contribution in [0.2, 0.25) is 0 Å². The second kappa shape index (κ2) is 4.98. The molecule has 2 N–H and O–H groups in total. The van der Waals surface area contributed by atoms with E-state index < -0.39 is 11.6 Å². The average Bonchev–Trinajstić information content (AvgIpc) is 2.81. The molecule has 0 bridgehead atoms. The predicted octanol–water partition coefficient (Wildman–Crippen LogP) is 1.65. The van der Waals surface area contributed by atoms with Crippen molar-refractivity contribution in [3.05, 3.63) is 29.3 Å². The summed E-state index contributed by atoms with van der Waals surface area (Å²) >= 11 is 0. The normalized spacial score (nSPS) is 20.0. The van der Waals surface area contributed by atoms with E-state index >= 15 is 0 Å². The lowest BCUT2D eigenvalue weighted by Gasteiger charge is -2.19. The zero-order valence-electron chi connectivity index (χ0n) is 9.75. The van der Waals surface area contributed by atoms with Crippen LogP contribution in [0, 0.1) is 11.6 Å². The molecule has 1 aliphatic heterocycles. The van der Waals surface area contributed by atoms with Crippen LogP contribution in [-0.4, -0.2) is 26.3 Å². The lowest BCUT2D eigenvalue weighted by Crippen LogP contribution is -2.23. The zero-order valence-corrected chi connectivity index (χ0v) is 9.75. The van der Waals surface area contributed by atoms with Crippen LogP contribution in [0.1, 0.15) is 12.0 Å². The van der Waals surface area contributed by atoms with Crippen molar-refractivity contribution in [2.24, 2.45) is 5.73 Å². The van der Waals surface area contributed by atoms with Crippen LogP contribution in [0.5, 0.6) is 0 Å². The second-order valence-corrected chi connectivity index (χ2v) is 4.17. The summed E-state index contributed by atoms with van der Waals surface area (Å²) in [7, 11) is 1.63. The number of hydrogen-bond acceptors (Lipinski definition) is 3. The van der Waals surface area contributed by atoms with Crippen LogP contribution in [0.15, 0.2) is 12.1 Å². The summed E-state index contributed by atoms with van der Waals surface area (Å²) in [6.07, 6.45) is 0.919. The number of methoxy groups -OCH3 is 1. The Bertz CT molecular complexity index is 412. The summed E-state index contributed by atoms with van der Waals surface area (Å²) in [5.74, 6) is -1.66. The Balaban J connectivity index is 2.25. The predicted molar refractivity (Wildman–Crippen MR) is 61.9 cm³/mol. The van der Waals surface area contributed by atoms with Crippen molar-refractivity contribution < 1.29 is 13.5 Å². The fourth-order valence-electron chi connectivity index (χ4n) is 2.12. The molecule has 1 unspecified atom stereocenters. The molecule has 0 amide bonds. The Morgan fingerprint density at radius 1 is 1.41 bits per heavy atom. The van der Waals surface area contributed by atoms with Crippen molar-refractivity contribution in [1.82, 2.24) is 0 Å². The maximum absolute atomic E-state index is 13.8. The third-order valence-corrected chi connectivity index (χ3v) is 3.18. The maximum Gasteiger partial charge on any atom is 0.182 e. The fourth-order valence-corrected chi connectivity index (χ4v) is 2.12. The van der Waals surface area contributed by atoms with Gasteiger partial charge in [-0.3, -0.25) is 0 Å². The van der Waals surface area contributed by atoms with Gasteiger partial charge in [-0.25, -0.2) is 8.78 Å². The van der Waals surface area contributed by atoms with Crippen LogP contribution in [-0.2, 0) is 11.3 Å². The molecule has 0 saturated carbocycles. The van der Waals surface area contributed by atoms with Crippen LogP contribution in [0.3, 0.4) is 0 Å². The van der Waals surface area contributed by atoms with Gasteiger partial charge in [0.25, 0.3) is 0 Å². The summed E-state index contributed by atoms with van der Waals surface area (Å²) in [6.45, 7) is 1.27. The Labute approximate surface area is 99.2 Å². The Morgan fingerprint density at radius 3 is 2.76 bits per heavy atom. The molecular formula is C12H16F2N2O. The largest absolute Gasteiger partial charge is 0.380 e.